The van der Waals surface area contributed by atoms with Crippen LogP contribution in [-0.4, -0.2) is 26.7 Å². The first-order valence-corrected chi connectivity index (χ1v) is 9.84. The highest BCUT2D eigenvalue weighted by Crippen LogP contribution is 2.48. The number of hydrogen-bond donors (Lipinski definition) is 2. The number of anilines is 1. The van der Waals surface area contributed by atoms with Crippen molar-refractivity contribution in [3.63, 3.8) is 0 Å². The third-order valence-corrected chi connectivity index (χ3v) is 6.73. The highest BCUT2D eigenvalue weighted by molar-refractivity contribution is 5.54. The standard InChI is InChI=1S/C20H31N5/c1-13-12-22-25-18(23-16-7-6-15(21)10-16)11-17(24-19(13)25)14(2)20(3)8-4-5-9-20/h11-12,14-16,23H,4-10,21H2,1-3H3/t14-,15+,16+/m1/s1. The first-order chi connectivity index (χ1) is 12.0. The van der Waals surface area contributed by atoms with E-state index in [1.54, 1.807) is 0 Å². The smallest absolute Gasteiger partial charge is 0.160 e. The third kappa shape index (κ3) is 3.03. The van der Waals surface area contributed by atoms with Gasteiger partial charge in [-0.2, -0.15) is 9.61 Å². The summed E-state index contributed by atoms with van der Waals surface area (Å²) >= 11 is 0. The first-order valence-electron chi connectivity index (χ1n) is 9.84. The molecule has 136 valence electrons. The molecular weight excluding hydrogens is 310 g/mol. The van der Waals surface area contributed by atoms with Crippen molar-refractivity contribution in [1.82, 2.24) is 14.6 Å². The van der Waals surface area contributed by atoms with E-state index >= 15 is 0 Å². The zero-order valence-electron chi connectivity index (χ0n) is 15.8. The molecular formula is C20H31N5. The Bertz CT molecular complexity index is 759. The Labute approximate surface area is 150 Å². The van der Waals surface area contributed by atoms with Gasteiger partial charge < -0.3 is 11.1 Å². The number of aromatic nitrogens is 3. The van der Waals surface area contributed by atoms with Crippen molar-refractivity contribution in [2.24, 2.45) is 11.1 Å². The van der Waals surface area contributed by atoms with Crippen LogP contribution in [0.1, 0.15) is 76.0 Å². The third-order valence-electron chi connectivity index (χ3n) is 6.73. The van der Waals surface area contributed by atoms with Crippen molar-refractivity contribution in [2.45, 2.75) is 83.7 Å². The van der Waals surface area contributed by atoms with E-state index in [9.17, 15) is 0 Å². The van der Waals surface area contributed by atoms with Gasteiger partial charge in [-0.05, 0) is 44.4 Å². The van der Waals surface area contributed by atoms with E-state index in [0.717, 1.165) is 36.3 Å². The average molecular weight is 342 g/mol. The fraction of sp³-hybridized carbons (Fsp3) is 0.700. The fourth-order valence-corrected chi connectivity index (χ4v) is 4.75. The van der Waals surface area contributed by atoms with Crippen LogP contribution in [0.5, 0.6) is 0 Å². The summed E-state index contributed by atoms with van der Waals surface area (Å²) in [4.78, 5) is 5.01. The van der Waals surface area contributed by atoms with Gasteiger partial charge in [0, 0.05) is 35.3 Å². The molecule has 2 aliphatic carbocycles. The molecule has 0 bridgehead atoms. The maximum Gasteiger partial charge on any atom is 0.160 e. The van der Waals surface area contributed by atoms with Crippen molar-refractivity contribution in [2.75, 3.05) is 5.32 Å². The monoisotopic (exact) mass is 341 g/mol. The van der Waals surface area contributed by atoms with Gasteiger partial charge in [-0.15, -0.1) is 0 Å². The summed E-state index contributed by atoms with van der Waals surface area (Å²) in [5.74, 6) is 1.53. The van der Waals surface area contributed by atoms with Gasteiger partial charge in [-0.1, -0.05) is 26.7 Å². The predicted octanol–water partition coefficient (Wildman–Crippen LogP) is 4.01. The maximum absolute atomic E-state index is 6.10. The van der Waals surface area contributed by atoms with Crippen LogP contribution < -0.4 is 11.1 Å². The van der Waals surface area contributed by atoms with Crippen LogP contribution >= 0.6 is 0 Å². The van der Waals surface area contributed by atoms with Gasteiger partial charge in [-0.25, -0.2) is 4.98 Å². The van der Waals surface area contributed by atoms with Crippen molar-refractivity contribution >= 4 is 11.5 Å². The molecule has 2 fully saturated rings. The van der Waals surface area contributed by atoms with Gasteiger partial charge in [0.2, 0.25) is 0 Å². The molecule has 0 aromatic carbocycles. The molecule has 25 heavy (non-hydrogen) atoms. The lowest BCUT2D eigenvalue weighted by molar-refractivity contribution is 0.272. The van der Waals surface area contributed by atoms with Gasteiger partial charge in [0.15, 0.2) is 5.65 Å². The number of aryl methyl sites for hydroxylation is 1. The molecule has 3 N–H and O–H groups in total. The molecule has 2 saturated carbocycles. The van der Waals surface area contributed by atoms with Gasteiger partial charge in [-0.3, -0.25) is 0 Å². The molecule has 0 spiro atoms. The van der Waals surface area contributed by atoms with Crippen molar-refractivity contribution < 1.29 is 0 Å². The van der Waals surface area contributed by atoms with E-state index in [-0.39, 0.29) is 0 Å². The molecule has 4 rings (SSSR count). The zero-order valence-corrected chi connectivity index (χ0v) is 15.8. The van der Waals surface area contributed by atoms with Crippen LogP contribution in [0.3, 0.4) is 0 Å². The molecule has 0 saturated heterocycles. The molecule has 2 aliphatic rings. The summed E-state index contributed by atoms with van der Waals surface area (Å²) in [6, 6.07) is 3.00. The van der Waals surface area contributed by atoms with E-state index in [4.69, 9.17) is 10.7 Å². The Morgan fingerprint density at radius 1 is 1.32 bits per heavy atom. The largest absolute Gasteiger partial charge is 0.367 e. The molecule has 2 heterocycles. The second kappa shape index (κ2) is 6.27. The maximum atomic E-state index is 6.10. The Kier molecular flexibility index (Phi) is 4.22. The Balaban J connectivity index is 1.71. The van der Waals surface area contributed by atoms with Crippen LogP contribution in [0.25, 0.3) is 5.65 Å². The molecule has 0 radical (unpaired) electrons. The number of nitrogens with zero attached hydrogens (tertiary/aromatic N) is 3. The lowest BCUT2D eigenvalue weighted by atomic mass is 9.75. The Morgan fingerprint density at radius 2 is 2.08 bits per heavy atom. The van der Waals surface area contributed by atoms with Gasteiger partial charge in [0.05, 0.1) is 6.20 Å². The fourth-order valence-electron chi connectivity index (χ4n) is 4.75. The second-order valence-electron chi connectivity index (χ2n) is 8.63. The minimum Gasteiger partial charge on any atom is -0.367 e. The van der Waals surface area contributed by atoms with Gasteiger partial charge in [0.25, 0.3) is 0 Å². The summed E-state index contributed by atoms with van der Waals surface area (Å²) in [6.07, 6.45) is 10.5. The SMILES string of the molecule is Cc1cnn2c(N[C@H]3CC[C@H](N)C3)cc([C@@H](C)C3(C)CCCC3)nc12. The molecule has 0 amide bonds. The van der Waals surface area contributed by atoms with E-state index < -0.39 is 0 Å². The van der Waals surface area contributed by atoms with Crippen molar-refractivity contribution in [1.29, 1.82) is 0 Å². The number of nitrogens with one attached hydrogen (secondary N) is 1. The molecule has 0 aliphatic heterocycles. The molecule has 5 heteroatoms. The van der Waals surface area contributed by atoms with Crippen molar-refractivity contribution in [3.05, 3.63) is 23.5 Å². The van der Waals surface area contributed by atoms with Crippen LogP contribution in [-0.2, 0) is 0 Å². The van der Waals surface area contributed by atoms with Crippen LogP contribution in [0, 0.1) is 12.3 Å². The quantitative estimate of drug-likeness (QED) is 0.881. The van der Waals surface area contributed by atoms with E-state index in [1.807, 2.05) is 10.7 Å². The highest BCUT2D eigenvalue weighted by atomic mass is 15.3. The van der Waals surface area contributed by atoms with E-state index in [2.05, 4.69) is 37.3 Å². The minimum atomic E-state index is 0.324. The van der Waals surface area contributed by atoms with Crippen LogP contribution in [0.15, 0.2) is 12.3 Å². The van der Waals surface area contributed by atoms with Crippen LogP contribution in [0.4, 0.5) is 5.82 Å². The summed E-state index contributed by atoms with van der Waals surface area (Å²) < 4.78 is 1.96. The lowest BCUT2D eigenvalue weighted by Gasteiger charge is -2.31. The van der Waals surface area contributed by atoms with Gasteiger partial charge >= 0.3 is 0 Å². The Hall–Kier alpha value is -1.62. The number of nitrogens with two attached hydrogens (primary N) is 1. The molecule has 5 nitrogen and oxygen atoms in total. The number of fused-ring (bicyclic) bond motifs is 1. The minimum absolute atomic E-state index is 0.324. The first kappa shape index (κ1) is 16.8. The topological polar surface area (TPSA) is 68.2 Å². The summed E-state index contributed by atoms with van der Waals surface area (Å²) in [5.41, 5.74) is 9.78. The van der Waals surface area contributed by atoms with Crippen LogP contribution in [0.2, 0.25) is 0 Å². The summed E-state index contributed by atoms with van der Waals surface area (Å²) in [5, 5.41) is 8.26. The van der Waals surface area contributed by atoms with E-state index in [1.165, 1.54) is 31.4 Å². The normalized spacial score (nSPS) is 27.0. The highest BCUT2D eigenvalue weighted by Gasteiger charge is 2.36. The summed E-state index contributed by atoms with van der Waals surface area (Å²) in [7, 11) is 0. The molecule has 2 aromatic rings. The molecule has 2 aromatic heterocycles. The number of hydrogen-bond acceptors (Lipinski definition) is 4. The molecule has 3 atom stereocenters. The second-order valence-corrected chi connectivity index (χ2v) is 8.63. The van der Waals surface area contributed by atoms with Gasteiger partial charge in [0.1, 0.15) is 5.82 Å². The van der Waals surface area contributed by atoms with E-state index in [0.29, 0.717) is 23.4 Å². The summed E-state index contributed by atoms with van der Waals surface area (Å²) in [6.45, 7) is 6.88. The Morgan fingerprint density at radius 3 is 2.76 bits per heavy atom. The number of rotatable bonds is 4. The average Bonchev–Trinajstić information content (AvgIpc) is 3.29. The predicted molar refractivity (Wildman–Crippen MR) is 102 cm³/mol. The molecule has 0 unspecified atom stereocenters. The zero-order chi connectivity index (χ0) is 17.6. The lowest BCUT2D eigenvalue weighted by Crippen LogP contribution is -2.24. The van der Waals surface area contributed by atoms with Crippen molar-refractivity contribution in [3.8, 4) is 0 Å².